The van der Waals surface area contributed by atoms with Gasteiger partial charge in [0.05, 0.1) is 7.11 Å². The number of carbonyl (C=O) groups is 1. The van der Waals surface area contributed by atoms with Crippen molar-refractivity contribution in [2.24, 2.45) is 0 Å². The quantitative estimate of drug-likeness (QED) is 0.611. The summed E-state index contributed by atoms with van der Waals surface area (Å²) in [6, 6.07) is 11.4. The molecule has 25 heavy (non-hydrogen) atoms. The van der Waals surface area contributed by atoms with E-state index in [0.29, 0.717) is 30.4 Å². The van der Waals surface area contributed by atoms with Crippen molar-refractivity contribution in [2.75, 3.05) is 7.11 Å². The molecule has 2 aromatic rings. The first kappa shape index (κ1) is 18.6. The van der Waals surface area contributed by atoms with Gasteiger partial charge >= 0.3 is 5.97 Å². The van der Waals surface area contributed by atoms with Crippen LogP contribution in [0.1, 0.15) is 40.9 Å². The summed E-state index contributed by atoms with van der Waals surface area (Å²) in [5.74, 6) is -0.808. The van der Waals surface area contributed by atoms with Crippen molar-refractivity contribution in [1.82, 2.24) is 0 Å². The van der Waals surface area contributed by atoms with Gasteiger partial charge in [-0.25, -0.2) is 4.79 Å². The third kappa shape index (κ3) is 4.63. The lowest BCUT2D eigenvalue weighted by Gasteiger charge is -2.15. The third-order valence-corrected chi connectivity index (χ3v) is 4.09. The Hall–Kier alpha value is -2.75. The molecule has 0 saturated carbocycles. The molecular formula is C21H24O4. The predicted octanol–water partition coefficient (Wildman–Crippen LogP) is 4.18. The summed E-state index contributed by atoms with van der Waals surface area (Å²) in [6.45, 7) is 3.87. The van der Waals surface area contributed by atoms with Crippen LogP contribution in [-0.2, 0) is 24.0 Å². The van der Waals surface area contributed by atoms with E-state index in [-0.39, 0.29) is 17.1 Å². The second-order valence-corrected chi connectivity index (χ2v) is 6.22. The van der Waals surface area contributed by atoms with Gasteiger partial charge in [-0.05, 0) is 50.3 Å². The number of aryl methyl sites for hydroxylation is 2. The summed E-state index contributed by atoms with van der Waals surface area (Å²) in [6.07, 6.45) is 3.44. The monoisotopic (exact) mass is 340 g/mol. The molecule has 0 bridgehead atoms. The van der Waals surface area contributed by atoms with Crippen LogP contribution in [-0.4, -0.2) is 23.3 Å². The van der Waals surface area contributed by atoms with E-state index in [1.165, 1.54) is 7.11 Å². The molecule has 0 saturated heterocycles. The number of methoxy groups -OCH3 is 1. The largest absolute Gasteiger partial charge is 0.508 e. The number of esters is 1. The van der Waals surface area contributed by atoms with E-state index >= 15 is 0 Å². The zero-order valence-corrected chi connectivity index (χ0v) is 14.9. The van der Waals surface area contributed by atoms with Crippen molar-refractivity contribution in [2.45, 2.75) is 33.1 Å². The minimum Gasteiger partial charge on any atom is -0.508 e. The summed E-state index contributed by atoms with van der Waals surface area (Å²) in [5, 5.41) is 20.9. The minimum absolute atomic E-state index is 0.00860. The fraction of sp³-hybridized carbons (Fsp3) is 0.286. The molecule has 132 valence electrons. The van der Waals surface area contributed by atoms with Gasteiger partial charge in [-0.2, -0.15) is 0 Å². The van der Waals surface area contributed by atoms with Gasteiger partial charge in [-0.1, -0.05) is 42.0 Å². The smallest absolute Gasteiger partial charge is 0.341 e. The molecule has 0 aliphatic heterocycles. The van der Waals surface area contributed by atoms with E-state index in [1.54, 1.807) is 6.07 Å². The van der Waals surface area contributed by atoms with Crippen molar-refractivity contribution in [1.29, 1.82) is 0 Å². The van der Waals surface area contributed by atoms with Gasteiger partial charge in [0.2, 0.25) is 0 Å². The first-order valence-corrected chi connectivity index (χ1v) is 8.26. The van der Waals surface area contributed by atoms with Crippen LogP contribution < -0.4 is 0 Å². The summed E-state index contributed by atoms with van der Waals surface area (Å²) in [4.78, 5) is 12.2. The van der Waals surface area contributed by atoms with Crippen LogP contribution in [0.15, 0.2) is 48.0 Å². The maximum Gasteiger partial charge on any atom is 0.341 e. The number of benzene rings is 2. The number of phenolic OH excluding ortho intramolecular Hbond substituents is 2. The standard InChI is InChI=1S/C21H24O4/c1-14(2)9-12-17-18(22)13-16(19(20(17)23)21(24)25-3)11-10-15-7-5-4-6-8-15/h4-9,13,22-23H,10-12H2,1-3H3. The molecule has 2 aromatic carbocycles. The SMILES string of the molecule is COC(=O)c1c(CCc2ccccc2)cc(O)c(CC=C(C)C)c1O. The third-order valence-electron chi connectivity index (χ3n) is 4.09. The fourth-order valence-corrected chi connectivity index (χ4v) is 2.71. The first-order chi connectivity index (χ1) is 11.9. The summed E-state index contributed by atoms with van der Waals surface area (Å²) < 4.78 is 4.83. The molecule has 0 aliphatic carbocycles. The molecule has 0 heterocycles. The highest BCUT2D eigenvalue weighted by atomic mass is 16.5. The Morgan fingerprint density at radius 3 is 2.40 bits per heavy atom. The molecule has 0 amide bonds. The second-order valence-electron chi connectivity index (χ2n) is 6.22. The molecule has 4 nitrogen and oxygen atoms in total. The van der Waals surface area contributed by atoms with Crippen LogP contribution in [0.5, 0.6) is 11.5 Å². The van der Waals surface area contributed by atoms with Crippen LogP contribution in [0.2, 0.25) is 0 Å². The highest BCUT2D eigenvalue weighted by molar-refractivity contribution is 5.95. The fourth-order valence-electron chi connectivity index (χ4n) is 2.71. The molecule has 2 N–H and O–H groups in total. The summed E-state index contributed by atoms with van der Waals surface area (Å²) in [7, 11) is 1.28. The van der Waals surface area contributed by atoms with Crippen molar-refractivity contribution in [3.05, 3.63) is 70.3 Å². The maximum atomic E-state index is 12.2. The van der Waals surface area contributed by atoms with Crippen molar-refractivity contribution < 1.29 is 19.7 Å². The summed E-state index contributed by atoms with van der Waals surface area (Å²) >= 11 is 0. The molecular weight excluding hydrogens is 316 g/mol. The number of carbonyl (C=O) groups excluding carboxylic acids is 1. The highest BCUT2D eigenvalue weighted by Gasteiger charge is 2.22. The van der Waals surface area contributed by atoms with Crippen LogP contribution in [0.4, 0.5) is 0 Å². The lowest BCUT2D eigenvalue weighted by Crippen LogP contribution is -2.09. The van der Waals surface area contributed by atoms with Gasteiger partial charge in [-0.3, -0.25) is 0 Å². The molecule has 0 unspecified atom stereocenters. The van der Waals surface area contributed by atoms with E-state index in [4.69, 9.17) is 4.74 Å². The van der Waals surface area contributed by atoms with Crippen molar-refractivity contribution >= 4 is 5.97 Å². The van der Waals surface area contributed by atoms with E-state index in [2.05, 4.69) is 0 Å². The Bertz CT molecular complexity index is 772. The number of hydrogen-bond donors (Lipinski definition) is 2. The van der Waals surface area contributed by atoms with E-state index in [1.807, 2.05) is 50.3 Å². The average molecular weight is 340 g/mol. The van der Waals surface area contributed by atoms with Crippen LogP contribution in [0.3, 0.4) is 0 Å². The Morgan fingerprint density at radius 2 is 1.80 bits per heavy atom. The van der Waals surface area contributed by atoms with Crippen LogP contribution >= 0.6 is 0 Å². The number of phenols is 2. The highest BCUT2D eigenvalue weighted by Crippen LogP contribution is 2.35. The van der Waals surface area contributed by atoms with Gasteiger partial charge in [0.25, 0.3) is 0 Å². The van der Waals surface area contributed by atoms with E-state index in [0.717, 1.165) is 11.1 Å². The lowest BCUT2D eigenvalue weighted by molar-refractivity contribution is 0.0596. The van der Waals surface area contributed by atoms with Crippen molar-refractivity contribution in [3.63, 3.8) is 0 Å². The first-order valence-electron chi connectivity index (χ1n) is 8.26. The van der Waals surface area contributed by atoms with Crippen LogP contribution in [0, 0.1) is 0 Å². The van der Waals surface area contributed by atoms with Gasteiger partial charge in [0.15, 0.2) is 0 Å². The molecule has 0 fully saturated rings. The molecule has 0 aliphatic rings. The lowest BCUT2D eigenvalue weighted by atomic mass is 9.94. The number of allylic oxidation sites excluding steroid dienone is 2. The molecule has 0 radical (unpaired) electrons. The topological polar surface area (TPSA) is 66.8 Å². The van der Waals surface area contributed by atoms with Gasteiger partial charge < -0.3 is 14.9 Å². The van der Waals surface area contributed by atoms with Crippen LogP contribution in [0.25, 0.3) is 0 Å². The zero-order chi connectivity index (χ0) is 18.4. The Balaban J connectivity index is 2.41. The number of ether oxygens (including phenoxy) is 1. The average Bonchev–Trinajstić information content (AvgIpc) is 2.59. The second kappa shape index (κ2) is 8.38. The van der Waals surface area contributed by atoms with E-state index < -0.39 is 5.97 Å². The molecule has 0 aromatic heterocycles. The molecule has 0 atom stereocenters. The number of hydrogen-bond acceptors (Lipinski definition) is 4. The predicted molar refractivity (Wildman–Crippen MR) is 98.1 cm³/mol. The van der Waals surface area contributed by atoms with E-state index in [9.17, 15) is 15.0 Å². The number of rotatable bonds is 6. The Labute approximate surface area is 148 Å². The van der Waals surface area contributed by atoms with Gasteiger partial charge in [0.1, 0.15) is 17.1 Å². The molecule has 2 rings (SSSR count). The molecule has 4 heteroatoms. The summed E-state index contributed by atoms with van der Waals surface area (Å²) in [5.41, 5.74) is 3.22. The Kier molecular flexibility index (Phi) is 6.23. The normalized spacial score (nSPS) is 10.4. The van der Waals surface area contributed by atoms with Gasteiger partial charge in [0, 0.05) is 5.56 Å². The zero-order valence-electron chi connectivity index (χ0n) is 14.9. The molecule has 0 spiro atoms. The van der Waals surface area contributed by atoms with Gasteiger partial charge in [-0.15, -0.1) is 0 Å². The Morgan fingerprint density at radius 1 is 1.12 bits per heavy atom. The maximum absolute atomic E-state index is 12.2. The number of aromatic hydroxyl groups is 2. The minimum atomic E-state index is -0.598. The van der Waals surface area contributed by atoms with Crippen molar-refractivity contribution in [3.8, 4) is 11.5 Å².